The minimum atomic E-state index is 0.151. The molecule has 0 aliphatic carbocycles. The molecule has 2 rings (SSSR count). The molecule has 1 N–H and O–H groups in total. The lowest BCUT2D eigenvalue weighted by molar-refractivity contribution is -0.121. The molecule has 1 amide bonds. The molecule has 0 aromatic carbocycles. The topological polar surface area (TPSA) is 29.1 Å². The van der Waals surface area contributed by atoms with Gasteiger partial charge in [-0.05, 0) is 43.3 Å². The SMILES string of the molecule is Cc1ccc(CNC(=O)CCCc2cccs2)s1. The van der Waals surface area contributed by atoms with Crippen LogP contribution in [0.5, 0.6) is 0 Å². The number of rotatable bonds is 6. The molecule has 2 aromatic heterocycles. The van der Waals surface area contributed by atoms with Crippen molar-refractivity contribution in [3.63, 3.8) is 0 Å². The van der Waals surface area contributed by atoms with Gasteiger partial charge in [-0.3, -0.25) is 4.79 Å². The van der Waals surface area contributed by atoms with Gasteiger partial charge in [-0.2, -0.15) is 0 Å². The van der Waals surface area contributed by atoms with Gasteiger partial charge in [0.15, 0.2) is 0 Å². The summed E-state index contributed by atoms with van der Waals surface area (Å²) < 4.78 is 0. The predicted octanol–water partition coefficient (Wildman–Crippen LogP) is 3.76. The van der Waals surface area contributed by atoms with Crippen LogP contribution in [0.1, 0.15) is 27.5 Å². The highest BCUT2D eigenvalue weighted by atomic mass is 32.1. The van der Waals surface area contributed by atoms with Crippen molar-refractivity contribution >= 4 is 28.6 Å². The molecule has 2 heterocycles. The van der Waals surface area contributed by atoms with Gasteiger partial charge in [0.25, 0.3) is 0 Å². The number of carbonyl (C=O) groups is 1. The molecule has 0 aliphatic heterocycles. The van der Waals surface area contributed by atoms with E-state index in [4.69, 9.17) is 0 Å². The summed E-state index contributed by atoms with van der Waals surface area (Å²) in [6.45, 7) is 2.74. The Bertz CT molecular complexity index is 488. The zero-order chi connectivity index (χ0) is 12.8. The molecular weight excluding hydrogens is 262 g/mol. The Kier molecular flexibility index (Phi) is 4.96. The number of thiophene rings is 2. The summed E-state index contributed by atoms with van der Waals surface area (Å²) in [5.74, 6) is 0.151. The molecule has 2 aromatic rings. The molecule has 0 unspecified atom stereocenters. The Morgan fingerprint density at radius 2 is 2.17 bits per heavy atom. The van der Waals surface area contributed by atoms with Gasteiger partial charge in [0.2, 0.25) is 5.91 Å². The molecule has 0 spiro atoms. The fourth-order valence-corrected chi connectivity index (χ4v) is 3.31. The minimum absolute atomic E-state index is 0.151. The van der Waals surface area contributed by atoms with E-state index in [1.54, 1.807) is 22.7 Å². The lowest BCUT2D eigenvalue weighted by Gasteiger charge is -2.03. The van der Waals surface area contributed by atoms with Crippen LogP contribution in [0.4, 0.5) is 0 Å². The Hall–Kier alpha value is -1.13. The van der Waals surface area contributed by atoms with E-state index in [0.717, 1.165) is 12.8 Å². The minimum Gasteiger partial charge on any atom is -0.351 e. The van der Waals surface area contributed by atoms with E-state index in [1.165, 1.54) is 14.6 Å². The molecule has 96 valence electrons. The normalized spacial score (nSPS) is 10.5. The number of hydrogen-bond acceptors (Lipinski definition) is 3. The van der Waals surface area contributed by atoms with Crippen molar-refractivity contribution in [2.75, 3.05) is 0 Å². The van der Waals surface area contributed by atoms with Gasteiger partial charge in [0, 0.05) is 21.1 Å². The third-order valence-electron chi connectivity index (χ3n) is 2.66. The van der Waals surface area contributed by atoms with Crippen molar-refractivity contribution in [2.45, 2.75) is 32.7 Å². The standard InChI is InChI=1S/C14H17NOS2/c1-11-7-8-13(18-11)10-15-14(16)6-2-4-12-5-3-9-17-12/h3,5,7-9H,2,4,6,10H2,1H3,(H,15,16). The quantitative estimate of drug-likeness (QED) is 0.857. The zero-order valence-electron chi connectivity index (χ0n) is 10.4. The van der Waals surface area contributed by atoms with Crippen molar-refractivity contribution in [3.8, 4) is 0 Å². The van der Waals surface area contributed by atoms with Gasteiger partial charge in [0.05, 0.1) is 6.54 Å². The number of aryl methyl sites for hydroxylation is 2. The van der Waals surface area contributed by atoms with Crippen molar-refractivity contribution in [3.05, 3.63) is 44.3 Å². The monoisotopic (exact) mass is 279 g/mol. The summed E-state index contributed by atoms with van der Waals surface area (Å²) in [7, 11) is 0. The van der Waals surface area contributed by atoms with Gasteiger partial charge < -0.3 is 5.32 Å². The van der Waals surface area contributed by atoms with E-state index in [-0.39, 0.29) is 5.91 Å². The first kappa shape index (κ1) is 13.3. The number of carbonyl (C=O) groups excluding carboxylic acids is 1. The lowest BCUT2D eigenvalue weighted by atomic mass is 10.2. The first-order chi connectivity index (χ1) is 8.74. The average Bonchev–Trinajstić information content (AvgIpc) is 2.98. The molecule has 0 aliphatic rings. The first-order valence-corrected chi connectivity index (χ1v) is 7.78. The van der Waals surface area contributed by atoms with E-state index in [1.807, 2.05) is 0 Å². The van der Waals surface area contributed by atoms with E-state index in [2.05, 4.69) is 41.9 Å². The van der Waals surface area contributed by atoms with Crippen molar-refractivity contribution in [2.24, 2.45) is 0 Å². The van der Waals surface area contributed by atoms with Crippen LogP contribution in [0.2, 0.25) is 0 Å². The Morgan fingerprint density at radius 1 is 1.28 bits per heavy atom. The number of hydrogen-bond donors (Lipinski definition) is 1. The Morgan fingerprint density at radius 3 is 2.83 bits per heavy atom. The molecule has 0 bridgehead atoms. The predicted molar refractivity (Wildman–Crippen MR) is 78.2 cm³/mol. The van der Waals surface area contributed by atoms with E-state index < -0.39 is 0 Å². The van der Waals surface area contributed by atoms with Crippen molar-refractivity contribution in [1.82, 2.24) is 5.32 Å². The molecule has 0 atom stereocenters. The molecule has 0 saturated carbocycles. The van der Waals surface area contributed by atoms with Crippen LogP contribution in [-0.2, 0) is 17.8 Å². The van der Waals surface area contributed by atoms with Crippen molar-refractivity contribution < 1.29 is 4.79 Å². The number of nitrogens with one attached hydrogen (secondary N) is 1. The first-order valence-electron chi connectivity index (χ1n) is 6.08. The second-order valence-electron chi connectivity index (χ2n) is 4.22. The molecule has 4 heteroatoms. The summed E-state index contributed by atoms with van der Waals surface area (Å²) >= 11 is 3.50. The maximum atomic E-state index is 11.6. The fraction of sp³-hybridized carbons (Fsp3) is 0.357. The maximum Gasteiger partial charge on any atom is 0.220 e. The summed E-state index contributed by atoms with van der Waals surface area (Å²) in [4.78, 5) is 15.5. The molecule has 0 saturated heterocycles. The summed E-state index contributed by atoms with van der Waals surface area (Å²) in [5.41, 5.74) is 0. The van der Waals surface area contributed by atoms with Gasteiger partial charge >= 0.3 is 0 Å². The molecular formula is C14H17NOS2. The third kappa shape index (κ3) is 4.27. The van der Waals surface area contributed by atoms with E-state index >= 15 is 0 Å². The highest BCUT2D eigenvalue weighted by Gasteiger charge is 2.03. The maximum absolute atomic E-state index is 11.6. The fourth-order valence-electron chi connectivity index (χ4n) is 1.73. The molecule has 18 heavy (non-hydrogen) atoms. The van der Waals surface area contributed by atoms with Gasteiger partial charge in [-0.25, -0.2) is 0 Å². The zero-order valence-corrected chi connectivity index (χ0v) is 12.1. The molecule has 2 nitrogen and oxygen atoms in total. The summed E-state index contributed by atoms with van der Waals surface area (Å²) in [6.07, 6.45) is 2.54. The largest absolute Gasteiger partial charge is 0.351 e. The van der Waals surface area contributed by atoms with E-state index in [9.17, 15) is 4.79 Å². The molecule has 0 radical (unpaired) electrons. The molecule has 0 fully saturated rings. The van der Waals surface area contributed by atoms with Crippen LogP contribution < -0.4 is 5.32 Å². The van der Waals surface area contributed by atoms with Gasteiger partial charge in [-0.1, -0.05) is 6.07 Å². The lowest BCUT2D eigenvalue weighted by Crippen LogP contribution is -2.21. The highest BCUT2D eigenvalue weighted by Crippen LogP contribution is 2.15. The van der Waals surface area contributed by atoms with Crippen LogP contribution in [0.15, 0.2) is 29.6 Å². The van der Waals surface area contributed by atoms with Crippen LogP contribution >= 0.6 is 22.7 Å². The van der Waals surface area contributed by atoms with Crippen LogP contribution in [-0.4, -0.2) is 5.91 Å². The van der Waals surface area contributed by atoms with Crippen LogP contribution in [0, 0.1) is 6.92 Å². The highest BCUT2D eigenvalue weighted by molar-refractivity contribution is 7.11. The second kappa shape index (κ2) is 6.71. The Labute approximate surface area is 116 Å². The van der Waals surface area contributed by atoms with Crippen LogP contribution in [0.3, 0.4) is 0 Å². The van der Waals surface area contributed by atoms with Crippen molar-refractivity contribution in [1.29, 1.82) is 0 Å². The van der Waals surface area contributed by atoms with Crippen LogP contribution in [0.25, 0.3) is 0 Å². The third-order valence-corrected chi connectivity index (χ3v) is 4.60. The van der Waals surface area contributed by atoms with E-state index in [0.29, 0.717) is 13.0 Å². The second-order valence-corrected chi connectivity index (χ2v) is 6.63. The summed E-state index contributed by atoms with van der Waals surface area (Å²) in [6, 6.07) is 8.34. The average molecular weight is 279 g/mol. The Balaban J connectivity index is 1.63. The smallest absolute Gasteiger partial charge is 0.220 e. The summed E-state index contributed by atoms with van der Waals surface area (Å²) in [5, 5.41) is 5.05. The van der Waals surface area contributed by atoms with Gasteiger partial charge in [-0.15, -0.1) is 22.7 Å². The number of amides is 1. The van der Waals surface area contributed by atoms with Gasteiger partial charge in [0.1, 0.15) is 0 Å².